The number of benzene rings is 1. The fraction of sp³-hybridized carbons (Fsp3) is 0.417. The Labute approximate surface area is 104 Å². The average molecular weight is 263 g/mol. The molecule has 0 aliphatic carbocycles. The Bertz CT molecular complexity index is 378. The first kappa shape index (κ1) is 16.3. The van der Waals surface area contributed by atoms with Crippen LogP contribution in [0.3, 0.4) is 0 Å². The van der Waals surface area contributed by atoms with Crippen LogP contribution in [-0.2, 0) is 11.3 Å². The molecule has 1 aromatic carbocycles. The molecule has 0 saturated heterocycles. The third-order valence-corrected chi connectivity index (χ3v) is 1.84. The minimum Gasteiger partial charge on any atom is -0.497 e. The summed E-state index contributed by atoms with van der Waals surface area (Å²) in [5, 5.41) is 1.77. The highest BCUT2D eigenvalue weighted by Gasteiger charge is 2.38. The molecule has 0 atom stereocenters. The topological polar surface area (TPSA) is 38.3 Å². The van der Waals surface area contributed by atoms with Gasteiger partial charge < -0.3 is 10.1 Å². The lowest BCUT2D eigenvalue weighted by Gasteiger charge is -2.08. The maximum Gasteiger partial charge on any atom is 0.471 e. The molecular weight excluding hydrogens is 247 g/mol. The van der Waals surface area contributed by atoms with Crippen molar-refractivity contribution < 1.29 is 22.7 Å². The van der Waals surface area contributed by atoms with Crippen LogP contribution in [0.1, 0.15) is 19.4 Å². The Balaban J connectivity index is 0.00000137. The van der Waals surface area contributed by atoms with Crippen molar-refractivity contribution in [3.8, 4) is 5.75 Å². The fourth-order valence-corrected chi connectivity index (χ4v) is 1.06. The van der Waals surface area contributed by atoms with Crippen molar-refractivity contribution in [1.82, 2.24) is 5.32 Å². The number of amides is 1. The number of carbonyl (C=O) groups excluding carboxylic acids is 1. The predicted molar refractivity (Wildman–Crippen MR) is 62.2 cm³/mol. The smallest absolute Gasteiger partial charge is 0.471 e. The summed E-state index contributed by atoms with van der Waals surface area (Å²) in [5.74, 6) is -1.42. The van der Waals surface area contributed by atoms with E-state index in [0.717, 1.165) is 0 Å². The van der Waals surface area contributed by atoms with Gasteiger partial charge in [-0.3, -0.25) is 4.79 Å². The third-order valence-electron chi connectivity index (χ3n) is 1.84. The van der Waals surface area contributed by atoms with E-state index in [9.17, 15) is 18.0 Å². The second-order valence-electron chi connectivity index (χ2n) is 3.03. The summed E-state index contributed by atoms with van der Waals surface area (Å²) in [6.07, 6.45) is -4.85. The zero-order valence-electron chi connectivity index (χ0n) is 10.5. The molecule has 6 heteroatoms. The molecule has 3 nitrogen and oxygen atoms in total. The van der Waals surface area contributed by atoms with Gasteiger partial charge in [-0.25, -0.2) is 0 Å². The Morgan fingerprint density at radius 3 is 2.44 bits per heavy atom. The minimum absolute atomic E-state index is 0.185. The fourth-order valence-electron chi connectivity index (χ4n) is 1.06. The molecule has 0 aliphatic rings. The largest absolute Gasteiger partial charge is 0.497 e. The molecular formula is C12H16F3NO2. The molecule has 0 bridgehead atoms. The van der Waals surface area contributed by atoms with E-state index in [1.54, 1.807) is 29.6 Å². The van der Waals surface area contributed by atoms with Crippen molar-refractivity contribution in [3.63, 3.8) is 0 Å². The Hall–Kier alpha value is -1.72. The van der Waals surface area contributed by atoms with E-state index in [2.05, 4.69) is 0 Å². The molecule has 0 saturated carbocycles. The highest BCUT2D eigenvalue weighted by atomic mass is 19.4. The first-order valence-corrected chi connectivity index (χ1v) is 5.41. The normalized spacial score (nSPS) is 10.1. The van der Waals surface area contributed by atoms with Gasteiger partial charge in [0.05, 0.1) is 7.11 Å². The van der Waals surface area contributed by atoms with Gasteiger partial charge in [0, 0.05) is 6.54 Å². The lowest BCUT2D eigenvalue weighted by Crippen LogP contribution is -2.36. The van der Waals surface area contributed by atoms with Crippen molar-refractivity contribution in [2.45, 2.75) is 26.6 Å². The standard InChI is InChI=1S/C10H10F3NO2.C2H6/c1-16-8-4-2-3-7(5-8)6-14-9(15)10(11,12)13;1-2/h2-5H,6H2,1H3,(H,14,15);1-2H3. The molecule has 0 heterocycles. The van der Waals surface area contributed by atoms with Crippen molar-refractivity contribution >= 4 is 5.91 Å². The van der Waals surface area contributed by atoms with E-state index in [4.69, 9.17) is 4.74 Å². The van der Waals surface area contributed by atoms with E-state index in [1.807, 2.05) is 13.8 Å². The van der Waals surface area contributed by atoms with E-state index in [0.29, 0.717) is 11.3 Å². The Morgan fingerprint density at radius 1 is 1.33 bits per heavy atom. The molecule has 1 N–H and O–H groups in total. The number of methoxy groups -OCH3 is 1. The van der Waals surface area contributed by atoms with Gasteiger partial charge in [0.1, 0.15) is 5.75 Å². The molecule has 0 aromatic heterocycles. The maximum absolute atomic E-state index is 11.9. The molecule has 0 radical (unpaired) electrons. The number of halogens is 3. The SMILES string of the molecule is CC.COc1cccc(CNC(=O)C(F)(F)F)c1. The van der Waals surface area contributed by atoms with Crippen LogP contribution in [0, 0.1) is 0 Å². The Kier molecular flexibility index (Phi) is 6.85. The van der Waals surface area contributed by atoms with Crippen molar-refractivity contribution in [2.75, 3.05) is 7.11 Å². The van der Waals surface area contributed by atoms with Gasteiger partial charge in [0.15, 0.2) is 0 Å². The van der Waals surface area contributed by atoms with Crippen LogP contribution in [0.2, 0.25) is 0 Å². The van der Waals surface area contributed by atoms with Crippen LogP contribution < -0.4 is 10.1 Å². The number of rotatable bonds is 3. The van der Waals surface area contributed by atoms with E-state index >= 15 is 0 Å². The maximum atomic E-state index is 11.9. The molecule has 0 fully saturated rings. The third kappa shape index (κ3) is 5.56. The van der Waals surface area contributed by atoms with Gasteiger partial charge >= 0.3 is 12.1 Å². The van der Waals surface area contributed by atoms with Crippen LogP contribution in [-0.4, -0.2) is 19.2 Å². The second kappa shape index (κ2) is 7.58. The minimum atomic E-state index is -4.85. The summed E-state index contributed by atoms with van der Waals surface area (Å²) in [6.45, 7) is 3.82. The zero-order valence-corrected chi connectivity index (χ0v) is 10.5. The van der Waals surface area contributed by atoms with Gasteiger partial charge in [0.2, 0.25) is 0 Å². The van der Waals surface area contributed by atoms with Crippen molar-refractivity contribution in [3.05, 3.63) is 29.8 Å². The molecule has 0 aliphatic heterocycles. The van der Waals surface area contributed by atoms with Gasteiger partial charge in [-0.2, -0.15) is 13.2 Å². The number of hydrogen-bond acceptors (Lipinski definition) is 2. The van der Waals surface area contributed by atoms with E-state index < -0.39 is 12.1 Å². The summed E-state index contributed by atoms with van der Waals surface area (Å²) in [5.41, 5.74) is 0.539. The van der Waals surface area contributed by atoms with Gasteiger partial charge in [-0.05, 0) is 17.7 Å². The van der Waals surface area contributed by atoms with E-state index in [1.165, 1.54) is 7.11 Å². The highest BCUT2D eigenvalue weighted by Crippen LogP contribution is 2.15. The Morgan fingerprint density at radius 2 is 1.94 bits per heavy atom. The van der Waals surface area contributed by atoms with Gasteiger partial charge in [-0.15, -0.1) is 0 Å². The zero-order chi connectivity index (χ0) is 14.2. The van der Waals surface area contributed by atoms with Crippen molar-refractivity contribution in [1.29, 1.82) is 0 Å². The molecule has 0 spiro atoms. The molecule has 0 unspecified atom stereocenters. The van der Waals surface area contributed by atoms with Crippen LogP contribution in [0.25, 0.3) is 0 Å². The molecule has 1 aromatic rings. The first-order chi connectivity index (χ1) is 8.43. The first-order valence-electron chi connectivity index (χ1n) is 5.41. The monoisotopic (exact) mass is 263 g/mol. The summed E-state index contributed by atoms with van der Waals surface area (Å²) < 4.78 is 40.5. The second-order valence-corrected chi connectivity index (χ2v) is 3.03. The lowest BCUT2D eigenvalue weighted by molar-refractivity contribution is -0.173. The average Bonchev–Trinajstić information content (AvgIpc) is 2.37. The lowest BCUT2D eigenvalue weighted by atomic mass is 10.2. The van der Waals surface area contributed by atoms with Crippen molar-refractivity contribution in [2.24, 2.45) is 0 Å². The highest BCUT2D eigenvalue weighted by molar-refractivity contribution is 5.81. The van der Waals surface area contributed by atoms with Crippen LogP contribution in [0.4, 0.5) is 13.2 Å². The number of nitrogens with one attached hydrogen (secondary N) is 1. The molecule has 1 rings (SSSR count). The van der Waals surface area contributed by atoms with Crippen LogP contribution >= 0.6 is 0 Å². The molecule has 102 valence electrons. The summed E-state index contributed by atoms with van der Waals surface area (Å²) in [7, 11) is 1.45. The molecule has 18 heavy (non-hydrogen) atoms. The van der Waals surface area contributed by atoms with Gasteiger partial charge in [0.25, 0.3) is 0 Å². The number of alkyl halides is 3. The summed E-state index contributed by atoms with van der Waals surface area (Å²) in [6, 6.07) is 6.44. The number of hydrogen-bond donors (Lipinski definition) is 1. The quantitative estimate of drug-likeness (QED) is 0.910. The number of carbonyl (C=O) groups is 1. The van der Waals surface area contributed by atoms with Crippen LogP contribution in [0.15, 0.2) is 24.3 Å². The predicted octanol–water partition coefficient (Wildman–Crippen LogP) is 2.90. The van der Waals surface area contributed by atoms with Crippen LogP contribution in [0.5, 0.6) is 5.75 Å². The summed E-state index contributed by atoms with van der Waals surface area (Å²) >= 11 is 0. The molecule has 1 amide bonds. The van der Waals surface area contributed by atoms with E-state index in [-0.39, 0.29) is 6.54 Å². The number of ether oxygens (including phenoxy) is 1. The summed E-state index contributed by atoms with van der Waals surface area (Å²) in [4.78, 5) is 10.5. The van der Waals surface area contributed by atoms with Gasteiger partial charge in [-0.1, -0.05) is 26.0 Å².